The summed E-state index contributed by atoms with van der Waals surface area (Å²) in [7, 11) is 0. The van der Waals surface area contributed by atoms with Crippen LogP contribution in [0.4, 0.5) is 0 Å². The van der Waals surface area contributed by atoms with Gasteiger partial charge in [0.05, 0.1) is 11.6 Å². The maximum absolute atomic E-state index is 12.9. The molecule has 1 N–H and O–H groups in total. The zero-order valence-corrected chi connectivity index (χ0v) is 13.5. The van der Waals surface area contributed by atoms with Gasteiger partial charge in [0, 0.05) is 25.2 Å². The Labute approximate surface area is 135 Å². The number of piperidine rings is 1. The van der Waals surface area contributed by atoms with Gasteiger partial charge in [-0.25, -0.2) is 4.98 Å². The molecular weight excluding hydrogens is 290 g/mol. The van der Waals surface area contributed by atoms with Crippen molar-refractivity contribution in [3.8, 4) is 0 Å². The summed E-state index contributed by atoms with van der Waals surface area (Å²) in [5.41, 5.74) is 1.50. The first-order valence-corrected chi connectivity index (χ1v) is 8.59. The van der Waals surface area contributed by atoms with Crippen molar-refractivity contribution in [2.75, 3.05) is 13.1 Å². The quantitative estimate of drug-likeness (QED) is 0.947. The molecule has 1 atom stereocenters. The first-order chi connectivity index (χ1) is 11.1. The van der Waals surface area contributed by atoms with E-state index in [-0.39, 0.29) is 12.0 Å². The summed E-state index contributed by atoms with van der Waals surface area (Å²) < 4.78 is 2.08. The number of rotatable bonds is 3. The maximum atomic E-state index is 12.9. The van der Waals surface area contributed by atoms with E-state index in [0.29, 0.717) is 30.6 Å². The minimum atomic E-state index is -0.290. The number of aliphatic hydroxyl groups excluding tert-OH is 1. The Morgan fingerprint density at radius 1 is 1.26 bits per heavy atom. The Morgan fingerprint density at radius 3 is 2.65 bits per heavy atom. The molecule has 1 aliphatic heterocycles. The molecule has 1 aliphatic carbocycles. The third kappa shape index (κ3) is 2.63. The fraction of sp³-hybridized carbons (Fsp3) is 0.556. The van der Waals surface area contributed by atoms with E-state index in [1.165, 1.54) is 12.8 Å². The van der Waals surface area contributed by atoms with Gasteiger partial charge in [0.25, 0.3) is 5.91 Å². The van der Waals surface area contributed by atoms with Gasteiger partial charge >= 0.3 is 0 Å². The van der Waals surface area contributed by atoms with Crippen LogP contribution in [0.1, 0.15) is 54.8 Å². The van der Waals surface area contributed by atoms with Crippen LogP contribution >= 0.6 is 0 Å². The summed E-state index contributed by atoms with van der Waals surface area (Å²) in [6.45, 7) is 3.25. The molecule has 4 rings (SSSR count). The Bertz CT molecular complexity index is 725. The number of aromatic nitrogens is 2. The summed E-state index contributed by atoms with van der Waals surface area (Å²) >= 11 is 0. The molecule has 2 aromatic rings. The van der Waals surface area contributed by atoms with Gasteiger partial charge in [-0.2, -0.15) is 0 Å². The lowest BCUT2D eigenvalue weighted by molar-refractivity contribution is 0.0519. The van der Waals surface area contributed by atoms with Crippen molar-refractivity contribution in [2.24, 2.45) is 5.92 Å². The lowest BCUT2D eigenvalue weighted by atomic mass is 9.92. The van der Waals surface area contributed by atoms with Crippen molar-refractivity contribution in [1.82, 2.24) is 14.3 Å². The van der Waals surface area contributed by atoms with Crippen LogP contribution in [-0.4, -0.2) is 44.5 Å². The summed E-state index contributed by atoms with van der Waals surface area (Å²) in [4.78, 5) is 19.5. The first kappa shape index (κ1) is 14.7. The van der Waals surface area contributed by atoms with Crippen LogP contribution in [0.5, 0.6) is 0 Å². The van der Waals surface area contributed by atoms with Crippen LogP contribution in [0.2, 0.25) is 0 Å². The van der Waals surface area contributed by atoms with Crippen LogP contribution in [-0.2, 0) is 0 Å². The highest BCUT2D eigenvalue weighted by Gasteiger charge is 2.32. The smallest absolute Gasteiger partial charge is 0.274 e. The number of aliphatic hydroxyl groups is 1. The molecule has 1 amide bonds. The molecule has 3 heterocycles. The molecule has 5 heteroatoms. The first-order valence-electron chi connectivity index (χ1n) is 8.59. The Morgan fingerprint density at radius 2 is 2.00 bits per heavy atom. The Kier molecular flexibility index (Phi) is 3.60. The largest absolute Gasteiger partial charge is 0.393 e. The van der Waals surface area contributed by atoms with E-state index >= 15 is 0 Å². The van der Waals surface area contributed by atoms with E-state index in [0.717, 1.165) is 24.2 Å². The van der Waals surface area contributed by atoms with Crippen molar-refractivity contribution in [3.63, 3.8) is 0 Å². The van der Waals surface area contributed by atoms with E-state index in [2.05, 4.69) is 4.40 Å². The van der Waals surface area contributed by atoms with Crippen molar-refractivity contribution in [1.29, 1.82) is 0 Å². The number of carbonyl (C=O) groups is 1. The fourth-order valence-electron chi connectivity index (χ4n) is 3.58. The number of pyridine rings is 1. The number of amides is 1. The van der Waals surface area contributed by atoms with Crippen LogP contribution in [0, 0.1) is 5.92 Å². The summed E-state index contributed by atoms with van der Waals surface area (Å²) in [6.07, 6.45) is 5.78. The third-order valence-electron chi connectivity index (χ3n) is 5.23. The van der Waals surface area contributed by atoms with Gasteiger partial charge in [-0.3, -0.25) is 4.79 Å². The lowest BCUT2D eigenvalue weighted by Crippen LogP contribution is -2.41. The molecule has 23 heavy (non-hydrogen) atoms. The van der Waals surface area contributed by atoms with E-state index in [9.17, 15) is 9.90 Å². The molecule has 1 saturated carbocycles. The minimum Gasteiger partial charge on any atom is -0.393 e. The second-order valence-corrected chi connectivity index (χ2v) is 6.92. The second kappa shape index (κ2) is 5.64. The molecule has 2 aliphatic rings. The highest BCUT2D eigenvalue weighted by molar-refractivity contribution is 5.99. The van der Waals surface area contributed by atoms with Crippen LogP contribution < -0.4 is 0 Å². The van der Waals surface area contributed by atoms with Gasteiger partial charge in [0.15, 0.2) is 5.69 Å². The molecule has 0 bridgehead atoms. The molecule has 122 valence electrons. The molecule has 1 saturated heterocycles. The molecule has 5 nitrogen and oxygen atoms in total. The van der Waals surface area contributed by atoms with Crippen molar-refractivity contribution in [3.05, 3.63) is 35.9 Å². The molecule has 2 aromatic heterocycles. The Hall–Kier alpha value is -1.88. The van der Waals surface area contributed by atoms with Crippen molar-refractivity contribution >= 4 is 11.4 Å². The average Bonchev–Trinajstić information content (AvgIpc) is 3.35. The number of imidazole rings is 1. The zero-order valence-electron chi connectivity index (χ0n) is 13.5. The van der Waals surface area contributed by atoms with E-state index < -0.39 is 0 Å². The predicted octanol–water partition coefficient (Wildman–Crippen LogP) is 2.44. The van der Waals surface area contributed by atoms with Crippen molar-refractivity contribution < 1.29 is 9.90 Å². The van der Waals surface area contributed by atoms with E-state index in [1.54, 1.807) is 0 Å². The number of likely N-dealkylation sites (tertiary alicyclic amines) is 1. The zero-order chi connectivity index (χ0) is 16.0. The average molecular weight is 313 g/mol. The molecule has 2 fully saturated rings. The van der Waals surface area contributed by atoms with E-state index in [4.69, 9.17) is 4.98 Å². The van der Waals surface area contributed by atoms with Gasteiger partial charge in [0.1, 0.15) is 5.82 Å². The highest BCUT2D eigenvalue weighted by Crippen LogP contribution is 2.40. The summed E-state index contributed by atoms with van der Waals surface area (Å²) in [6, 6.07) is 5.93. The minimum absolute atomic E-state index is 0.0321. The number of fused-ring (bicyclic) bond motifs is 1. The highest BCUT2D eigenvalue weighted by atomic mass is 16.3. The van der Waals surface area contributed by atoms with E-state index in [1.807, 2.05) is 36.2 Å². The van der Waals surface area contributed by atoms with Gasteiger partial charge in [-0.15, -0.1) is 0 Å². The van der Waals surface area contributed by atoms with Crippen LogP contribution in [0.15, 0.2) is 24.4 Å². The number of hydrogen-bond acceptors (Lipinski definition) is 3. The standard InChI is InChI=1S/C18H23N3O2/c1-12(22)13-7-10-20(11-8-13)18(23)16-15-4-2-3-9-21(15)17(19-16)14-5-6-14/h2-4,9,12-14,22H,5-8,10-11H2,1H3. The molecule has 1 unspecified atom stereocenters. The number of hydrogen-bond donors (Lipinski definition) is 1. The summed E-state index contributed by atoms with van der Waals surface area (Å²) in [5.74, 6) is 1.87. The van der Waals surface area contributed by atoms with Crippen molar-refractivity contribution in [2.45, 2.75) is 44.6 Å². The second-order valence-electron chi connectivity index (χ2n) is 6.92. The topological polar surface area (TPSA) is 57.8 Å². The van der Waals surface area contributed by atoms with Gasteiger partial charge < -0.3 is 14.4 Å². The van der Waals surface area contributed by atoms with Gasteiger partial charge in [-0.05, 0) is 50.7 Å². The maximum Gasteiger partial charge on any atom is 0.274 e. The Balaban J connectivity index is 1.61. The summed E-state index contributed by atoms with van der Waals surface area (Å²) in [5, 5.41) is 9.71. The SMILES string of the molecule is CC(O)C1CCN(C(=O)c2nc(C3CC3)n3ccccc23)CC1. The third-order valence-corrected chi connectivity index (χ3v) is 5.23. The molecular formula is C18H23N3O2. The monoisotopic (exact) mass is 313 g/mol. The van der Waals surface area contributed by atoms with Crippen LogP contribution in [0.3, 0.4) is 0 Å². The number of carbonyl (C=O) groups excluding carboxylic acids is 1. The van der Waals surface area contributed by atoms with Crippen LogP contribution in [0.25, 0.3) is 5.52 Å². The number of nitrogens with zero attached hydrogens (tertiary/aromatic N) is 3. The van der Waals surface area contributed by atoms with Gasteiger partial charge in [-0.1, -0.05) is 6.07 Å². The molecule has 0 radical (unpaired) electrons. The fourth-order valence-corrected chi connectivity index (χ4v) is 3.58. The molecule has 0 aromatic carbocycles. The normalized spacial score (nSPS) is 20.9. The molecule has 0 spiro atoms. The predicted molar refractivity (Wildman–Crippen MR) is 87.5 cm³/mol. The van der Waals surface area contributed by atoms with Gasteiger partial charge in [0.2, 0.25) is 0 Å². The lowest BCUT2D eigenvalue weighted by Gasteiger charge is -2.32.